The maximum atomic E-state index is 11.9. The number of carbonyl (C=O) groups is 2. The van der Waals surface area contributed by atoms with Crippen LogP contribution in [0.5, 0.6) is 0 Å². The Morgan fingerprint density at radius 2 is 2.10 bits per heavy atom. The van der Waals surface area contributed by atoms with Crippen LogP contribution < -0.4 is 5.32 Å². The van der Waals surface area contributed by atoms with Crippen LogP contribution in [0.4, 0.5) is 0 Å². The highest BCUT2D eigenvalue weighted by Crippen LogP contribution is 2.19. The van der Waals surface area contributed by atoms with E-state index in [0.717, 1.165) is 5.56 Å². The lowest BCUT2D eigenvalue weighted by molar-refractivity contribution is -0.139. The van der Waals surface area contributed by atoms with Crippen molar-refractivity contribution in [2.75, 3.05) is 0 Å². The molecule has 0 saturated carbocycles. The minimum absolute atomic E-state index is 0.00266. The van der Waals surface area contributed by atoms with Gasteiger partial charge in [-0.1, -0.05) is 35.5 Å². The van der Waals surface area contributed by atoms with E-state index in [4.69, 9.17) is 16.1 Å². The van der Waals surface area contributed by atoms with Crippen LogP contribution >= 0.6 is 0 Å². The van der Waals surface area contributed by atoms with Crippen molar-refractivity contribution in [1.29, 1.82) is 0 Å². The van der Waals surface area contributed by atoms with Crippen molar-refractivity contribution in [3.05, 3.63) is 42.1 Å². The number of nitrogens with one attached hydrogen (secondary N) is 1. The number of carboxylic acids is 1. The molecule has 2 aromatic rings. The molecule has 0 aliphatic heterocycles. The third kappa shape index (κ3) is 3.48. The lowest BCUT2D eigenvalue weighted by Crippen LogP contribution is -2.40. The molecule has 0 fully saturated rings. The van der Waals surface area contributed by atoms with Crippen LogP contribution in [0.25, 0.3) is 11.3 Å². The molecule has 0 radical (unpaired) electrons. The van der Waals surface area contributed by atoms with Crippen LogP contribution in [0.3, 0.4) is 0 Å². The first-order valence-corrected chi connectivity index (χ1v) is 6.11. The number of carboxylic acid groups (broad SMARTS) is 1. The van der Waals surface area contributed by atoms with Crippen LogP contribution in [0.15, 0.2) is 40.9 Å². The van der Waals surface area contributed by atoms with Gasteiger partial charge in [0.25, 0.3) is 5.91 Å². The largest absolute Gasteiger partial charge is 0.480 e. The SMILES string of the molecule is C#CCC(NC(=O)c1cc(-c2ccccc2)on1)C(=O)O. The van der Waals surface area contributed by atoms with Crippen LogP contribution in [0, 0.1) is 12.3 Å². The van der Waals surface area contributed by atoms with Gasteiger partial charge in [0.2, 0.25) is 0 Å². The molecule has 6 heteroatoms. The molecule has 0 bridgehead atoms. The van der Waals surface area contributed by atoms with Gasteiger partial charge in [0, 0.05) is 18.1 Å². The van der Waals surface area contributed by atoms with E-state index in [2.05, 4.69) is 16.4 Å². The van der Waals surface area contributed by atoms with Gasteiger partial charge in [0.1, 0.15) is 6.04 Å². The molecule has 6 nitrogen and oxygen atoms in total. The van der Waals surface area contributed by atoms with Gasteiger partial charge < -0.3 is 14.9 Å². The van der Waals surface area contributed by atoms with Gasteiger partial charge in [-0.25, -0.2) is 4.79 Å². The number of terminal acetylenes is 1. The van der Waals surface area contributed by atoms with Crippen molar-refractivity contribution in [2.45, 2.75) is 12.5 Å². The van der Waals surface area contributed by atoms with E-state index < -0.39 is 17.9 Å². The molecule has 1 heterocycles. The number of aliphatic carboxylic acids is 1. The Kier molecular flexibility index (Phi) is 4.36. The van der Waals surface area contributed by atoms with Gasteiger partial charge in [0.05, 0.1) is 0 Å². The third-order valence-corrected chi connectivity index (χ3v) is 2.73. The van der Waals surface area contributed by atoms with Gasteiger partial charge in [-0.15, -0.1) is 12.3 Å². The number of hydrogen-bond donors (Lipinski definition) is 2. The van der Waals surface area contributed by atoms with E-state index in [9.17, 15) is 9.59 Å². The summed E-state index contributed by atoms with van der Waals surface area (Å²) in [4.78, 5) is 22.8. The fraction of sp³-hybridized carbons (Fsp3) is 0.133. The molecule has 1 atom stereocenters. The highest BCUT2D eigenvalue weighted by Gasteiger charge is 2.22. The van der Waals surface area contributed by atoms with Crippen molar-refractivity contribution in [2.24, 2.45) is 0 Å². The van der Waals surface area contributed by atoms with Crippen molar-refractivity contribution >= 4 is 11.9 Å². The summed E-state index contributed by atoms with van der Waals surface area (Å²) < 4.78 is 5.08. The maximum Gasteiger partial charge on any atom is 0.327 e. The minimum Gasteiger partial charge on any atom is -0.480 e. The van der Waals surface area contributed by atoms with Crippen molar-refractivity contribution in [3.63, 3.8) is 0 Å². The van der Waals surface area contributed by atoms with Crippen LogP contribution in [0.2, 0.25) is 0 Å². The number of aromatic nitrogens is 1. The Balaban J connectivity index is 2.12. The Labute approximate surface area is 120 Å². The van der Waals surface area contributed by atoms with Crippen LogP contribution in [-0.2, 0) is 4.79 Å². The summed E-state index contributed by atoms with van der Waals surface area (Å²) in [5, 5.41) is 14.9. The number of hydrogen-bond acceptors (Lipinski definition) is 4. The molecule has 1 amide bonds. The molecule has 2 rings (SSSR count). The quantitative estimate of drug-likeness (QED) is 0.813. The highest BCUT2D eigenvalue weighted by molar-refractivity contribution is 5.95. The summed E-state index contributed by atoms with van der Waals surface area (Å²) >= 11 is 0. The normalized spacial score (nSPS) is 11.4. The fourth-order valence-corrected chi connectivity index (χ4v) is 1.67. The zero-order valence-corrected chi connectivity index (χ0v) is 10.9. The summed E-state index contributed by atoms with van der Waals surface area (Å²) in [5.74, 6) is 0.768. The molecule has 1 aromatic carbocycles. The lowest BCUT2D eigenvalue weighted by atomic mass is 10.1. The number of benzene rings is 1. The van der Waals surface area contributed by atoms with Gasteiger partial charge >= 0.3 is 5.97 Å². The van der Waals surface area contributed by atoms with Crippen LogP contribution in [0.1, 0.15) is 16.9 Å². The van der Waals surface area contributed by atoms with Gasteiger partial charge in [-0.05, 0) is 0 Å². The molecule has 0 aliphatic rings. The zero-order chi connectivity index (χ0) is 15.2. The first-order chi connectivity index (χ1) is 10.1. The van der Waals surface area contributed by atoms with Crippen LogP contribution in [-0.4, -0.2) is 28.2 Å². The number of amides is 1. The molecule has 106 valence electrons. The molecule has 0 saturated heterocycles. The van der Waals surface area contributed by atoms with E-state index in [1.807, 2.05) is 18.2 Å². The monoisotopic (exact) mass is 284 g/mol. The molecule has 0 aliphatic carbocycles. The van der Waals surface area contributed by atoms with Gasteiger partial charge in [-0.2, -0.15) is 0 Å². The molecule has 1 unspecified atom stereocenters. The average molecular weight is 284 g/mol. The van der Waals surface area contributed by atoms with Crippen molar-refractivity contribution in [3.8, 4) is 23.7 Å². The Hall–Kier alpha value is -3.07. The zero-order valence-electron chi connectivity index (χ0n) is 10.9. The molecular weight excluding hydrogens is 272 g/mol. The second kappa shape index (κ2) is 6.39. The summed E-state index contributed by atoms with van der Waals surface area (Å²) in [5.41, 5.74) is 0.764. The second-order valence-electron chi connectivity index (χ2n) is 4.21. The number of carbonyl (C=O) groups excluding carboxylic acids is 1. The van der Waals surface area contributed by atoms with Crippen molar-refractivity contribution in [1.82, 2.24) is 10.5 Å². The maximum absolute atomic E-state index is 11.9. The molecule has 1 aromatic heterocycles. The smallest absolute Gasteiger partial charge is 0.327 e. The Morgan fingerprint density at radius 3 is 2.71 bits per heavy atom. The predicted molar refractivity (Wildman–Crippen MR) is 74.3 cm³/mol. The Morgan fingerprint density at radius 1 is 1.38 bits per heavy atom. The minimum atomic E-state index is -1.20. The second-order valence-corrected chi connectivity index (χ2v) is 4.21. The van der Waals surface area contributed by atoms with Gasteiger partial charge in [0.15, 0.2) is 11.5 Å². The first-order valence-electron chi connectivity index (χ1n) is 6.11. The summed E-state index contributed by atoms with van der Waals surface area (Å²) in [7, 11) is 0. The molecule has 2 N–H and O–H groups in total. The highest BCUT2D eigenvalue weighted by atomic mass is 16.5. The van der Waals surface area contributed by atoms with Gasteiger partial charge in [-0.3, -0.25) is 4.79 Å². The summed E-state index contributed by atoms with van der Waals surface area (Å²) in [6, 6.07) is 9.40. The fourth-order valence-electron chi connectivity index (χ4n) is 1.67. The topological polar surface area (TPSA) is 92.4 Å². The third-order valence-electron chi connectivity index (χ3n) is 2.73. The Bertz CT molecular complexity index is 685. The average Bonchev–Trinajstić information content (AvgIpc) is 2.97. The van der Waals surface area contributed by atoms with E-state index in [-0.39, 0.29) is 12.1 Å². The molecule has 0 spiro atoms. The van der Waals surface area contributed by atoms with E-state index in [0.29, 0.717) is 5.76 Å². The standard InChI is InChI=1S/C15H12N2O4/c1-2-6-11(15(19)20)16-14(18)12-9-13(21-17-12)10-7-4-3-5-8-10/h1,3-5,7-9,11H,6H2,(H,16,18)(H,19,20). The molecular formula is C15H12N2O4. The number of rotatable bonds is 5. The summed E-state index contributed by atoms with van der Waals surface area (Å²) in [6.45, 7) is 0. The number of nitrogens with zero attached hydrogens (tertiary/aromatic N) is 1. The first kappa shape index (κ1) is 14.3. The van der Waals surface area contributed by atoms with E-state index in [1.165, 1.54) is 6.07 Å². The van der Waals surface area contributed by atoms with E-state index in [1.54, 1.807) is 12.1 Å². The summed E-state index contributed by atoms with van der Waals surface area (Å²) in [6.07, 6.45) is 4.96. The molecule has 21 heavy (non-hydrogen) atoms. The van der Waals surface area contributed by atoms with Crippen molar-refractivity contribution < 1.29 is 19.2 Å². The lowest BCUT2D eigenvalue weighted by Gasteiger charge is -2.09. The predicted octanol–water partition coefficient (Wildman–Crippen LogP) is 1.55. The van der Waals surface area contributed by atoms with E-state index >= 15 is 0 Å².